The Morgan fingerprint density at radius 1 is 0.944 bits per heavy atom. The van der Waals surface area contributed by atoms with Crippen molar-refractivity contribution in [2.45, 2.75) is 30.8 Å². The van der Waals surface area contributed by atoms with E-state index in [1.807, 2.05) is 24.3 Å². The monoisotopic (exact) mass is 499 g/mol. The molecule has 0 saturated carbocycles. The van der Waals surface area contributed by atoms with Gasteiger partial charge in [-0.25, -0.2) is 0 Å². The van der Waals surface area contributed by atoms with Crippen molar-refractivity contribution >= 4 is 17.5 Å². The molecule has 0 aromatic heterocycles. The van der Waals surface area contributed by atoms with Crippen molar-refractivity contribution in [2.24, 2.45) is 0 Å². The van der Waals surface area contributed by atoms with Gasteiger partial charge < -0.3 is 39.5 Å². The molecular formula is C26H33N3O7. The smallest absolute Gasteiger partial charge is 0.251 e. The summed E-state index contributed by atoms with van der Waals surface area (Å²) in [5.74, 6) is 0.945. The van der Waals surface area contributed by atoms with Crippen molar-refractivity contribution < 1.29 is 34.0 Å². The van der Waals surface area contributed by atoms with Crippen LogP contribution in [-0.2, 0) is 9.53 Å². The lowest BCUT2D eigenvalue weighted by molar-refractivity contribution is -0.135. The average Bonchev–Trinajstić information content (AvgIpc) is 3.19. The van der Waals surface area contributed by atoms with Crippen molar-refractivity contribution in [1.29, 1.82) is 0 Å². The van der Waals surface area contributed by atoms with Crippen molar-refractivity contribution in [3.8, 4) is 11.5 Å². The van der Waals surface area contributed by atoms with Gasteiger partial charge in [0.1, 0.15) is 29.8 Å². The molecule has 10 nitrogen and oxygen atoms in total. The molecule has 2 saturated heterocycles. The van der Waals surface area contributed by atoms with Crippen LogP contribution in [-0.4, -0.2) is 98.3 Å². The average molecular weight is 500 g/mol. The van der Waals surface area contributed by atoms with Crippen LogP contribution in [0.1, 0.15) is 16.8 Å². The number of benzene rings is 2. The van der Waals surface area contributed by atoms with Crippen molar-refractivity contribution in [2.75, 3.05) is 51.8 Å². The van der Waals surface area contributed by atoms with Gasteiger partial charge in [-0.15, -0.1) is 0 Å². The number of rotatable bonds is 8. The minimum Gasteiger partial charge on any atom is -0.497 e. The van der Waals surface area contributed by atoms with Gasteiger partial charge in [-0.05, 0) is 36.4 Å². The van der Waals surface area contributed by atoms with Crippen molar-refractivity contribution in [3.63, 3.8) is 0 Å². The fourth-order valence-corrected chi connectivity index (χ4v) is 4.59. The first kappa shape index (κ1) is 25.7. The fourth-order valence-electron chi connectivity index (χ4n) is 4.59. The summed E-state index contributed by atoms with van der Waals surface area (Å²) < 4.78 is 16.3. The van der Waals surface area contributed by atoms with Crippen LogP contribution in [0.5, 0.6) is 11.5 Å². The zero-order valence-electron chi connectivity index (χ0n) is 20.5. The number of aliphatic hydroxyl groups is 2. The summed E-state index contributed by atoms with van der Waals surface area (Å²) in [6.07, 6.45) is -4.13. The number of para-hydroxylation sites is 2. The number of piperazine rings is 1. The minimum atomic E-state index is -1.22. The topological polar surface area (TPSA) is 121 Å². The van der Waals surface area contributed by atoms with E-state index in [1.165, 1.54) is 0 Å². The van der Waals surface area contributed by atoms with E-state index in [9.17, 15) is 19.8 Å². The normalized spacial score (nSPS) is 23.9. The van der Waals surface area contributed by atoms with Gasteiger partial charge in [-0.1, -0.05) is 12.1 Å². The van der Waals surface area contributed by atoms with Crippen LogP contribution in [0.3, 0.4) is 0 Å². The number of aliphatic hydroxyl groups excluding tert-OH is 2. The zero-order valence-corrected chi connectivity index (χ0v) is 20.5. The van der Waals surface area contributed by atoms with Crippen molar-refractivity contribution in [3.05, 3.63) is 54.1 Å². The number of ether oxygens (including phenoxy) is 3. The number of carbonyl (C=O) groups excluding carboxylic acids is 2. The van der Waals surface area contributed by atoms with E-state index in [2.05, 4.69) is 10.2 Å². The summed E-state index contributed by atoms with van der Waals surface area (Å²) in [7, 11) is 3.18. The second kappa shape index (κ2) is 11.6. The Labute approximate surface area is 210 Å². The highest BCUT2D eigenvalue weighted by molar-refractivity contribution is 5.94. The van der Waals surface area contributed by atoms with Gasteiger partial charge in [-0.2, -0.15) is 0 Å². The number of anilines is 1. The molecule has 0 spiro atoms. The first-order chi connectivity index (χ1) is 17.4. The molecule has 2 heterocycles. The van der Waals surface area contributed by atoms with Gasteiger partial charge in [-0.3, -0.25) is 9.59 Å². The third-order valence-corrected chi connectivity index (χ3v) is 6.71. The Bertz CT molecular complexity index is 1040. The molecule has 10 heteroatoms. The summed E-state index contributed by atoms with van der Waals surface area (Å²) in [6, 6.07) is 14.4. The predicted octanol–water partition coefficient (Wildman–Crippen LogP) is 0.662. The van der Waals surface area contributed by atoms with E-state index in [1.54, 1.807) is 43.4 Å². The lowest BCUT2D eigenvalue weighted by atomic mass is 10.0. The number of methoxy groups -OCH3 is 2. The Balaban J connectivity index is 1.26. The number of carbonyl (C=O) groups is 2. The molecule has 2 aliphatic heterocycles. The number of nitrogens with one attached hydrogen (secondary N) is 1. The van der Waals surface area contributed by atoms with Crippen LogP contribution in [0, 0.1) is 0 Å². The molecule has 0 aliphatic carbocycles. The van der Waals surface area contributed by atoms with Crippen LogP contribution >= 0.6 is 0 Å². The van der Waals surface area contributed by atoms with E-state index in [4.69, 9.17) is 14.2 Å². The van der Waals surface area contributed by atoms with Crippen LogP contribution in [0.4, 0.5) is 5.69 Å². The fraction of sp³-hybridized carbons (Fsp3) is 0.462. The molecular weight excluding hydrogens is 466 g/mol. The third-order valence-electron chi connectivity index (χ3n) is 6.71. The van der Waals surface area contributed by atoms with E-state index in [0.717, 1.165) is 11.4 Å². The third kappa shape index (κ3) is 5.72. The molecule has 4 unspecified atom stereocenters. The van der Waals surface area contributed by atoms with Gasteiger partial charge in [0.25, 0.3) is 5.91 Å². The number of hydrogen-bond acceptors (Lipinski definition) is 8. The molecule has 36 heavy (non-hydrogen) atoms. The van der Waals surface area contributed by atoms with E-state index >= 15 is 0 Å². The summed E-state index contributed by atoms with van der Waals surface area (Å²) in [4.78, 5) is 29.2. The number of hydrogen-bond donors (Lipinski definition) is 3. The van der Waals surface area contributed by atoms with Crippen molar-refractivity contribution in [1.82, 2.24) is 10.2 Å². The Hall–Kier alpha value is -3.34. The highest BCUT2D eigenvalue weighted by Crippen LogP contribution is 2.29. The molecule has 4 rings (SSSR count). The Morgan fingerprint density at radius 2 is 1.61 bits per heavy atom. The summed E-state index contributed by atoms with van der Waals surface area (Å²) in [5, 5.41) is 23.6. The van der Waals surface area contributed by atoms with E-state index in [0.29, 0.717) is 37.5 Å². The summed E-state index contributed by atoms with van der Waals surface area (Å²) in [5.41, 5.74) is 1.42. The van der Waals surface area contributed by atoms with Crippen LogP contribution in [0.25, 0.3) is 0 Å². The molecule has 2 aromatic rings. The van der Waals surface area contributed by atoms with Crippen LogP contribution in [0.2, 0.25) is 0 Å². The largest absolute Gasteiger partial charge is 0.497 e. The van der Waals surface area contributed by atoms with Gasteiger partial charge >= 0.3 is 0 Å². The molecule has 2 fully saturated rings. The molecule has 2 amide bonds. The molecule has 2 aliphatic rings. The predicted molar refractivity (Wildman–Crippen MR) is 132 cm³/mol. The first-order valence-corrected chi connectivity index (χ1v) is 12.0. The van der Waals surface area contributed by atoms with Gasteiger partial charge in [0.2, 0.25) is 5.91 Å². The minimum absolute atomic E-state index is 0.00532. The quantitative estimate of drug-likeness (QED) is 0.485. The first-order valence-electron chi connectivity index (χ1n) is 12.0. The molecule has 3 N–H and O–H groups in total. The second-order valence-corrected chi connectivity index (χ2v) is 8.88. The summed E-state index contributed by atoms with van der Waals surface area (Å²) in [6.45, 7) is 2.38. The highest BCUT2D eigenvalue weighted by Gasteiger charge is 2.44. The summed E-state index contributed by atoms with van der Waals surface area (Å²) >= 11 is 0. The maximum Gasteiger partial charge on any atom is 0.251 e. The number of nitrogens with zero attached hydrogens (tertiary/aromatic N) is 2. The maximum atomic E-state index is 12.9. The maximum absolute atomic E-state index is 12.9. The molecule has 194 valence electrons. The second-order valence-electron chi connectivity index (χ2n) is 8.88. The van der Waals surface area contributed by atoms with E-state index < -0.39 is 24.4 Å². The van der Waals surface area contributed by atoms with Crippen LogP contribution < -0.4 is 19.7 Å². The van der Waals surface area contributed by atoms with E-state index in [-0.39, 0.29) is 24.8 Å². The van der Waals surface area contributed by atoms with Gasteiger partial charge in [0.05, 0.1) is 32.4 Å². The number of amides is 2. The molecule has 0 radical (unpaired) electrons. The van der Waals surface area contributed by atoms with Gasteiger partial charge in [0.15, 0.2) is 0 Å². The lowest BCUT2D eigenvalue weighted by Crippen LogP contribution is -2.50. The Morgan fingerprint density at radius 3 is 2.28 bits per heavy atom. The highest BCUT2D eigenvalue weighted by atomic mass is 16.5. The standard InChI is InChI=1S/C26H33N3O7/c1-34-18-9-7-17(8-10-18)26(33)27-16-22-25(32)24(31)21(36-22)15-23(30)29-13-11-28(12-14-29)19-5-3-4-6-20(19)35-2/h3-10,21-22,24-25,31-32H,11-16H2,1-2H3,(H,27,33). The lowest BCUT2D eigenvalue weighted by Gasteiger charge is -2.37. The molecule has 2 aromatic carbocycles. The van der Waals surface area contributed by atoms with Crippen LogP contribution in [0.15, 0.2) is 48.5 Å². The SMILES string of the molecule is COc1ccc(C(=O)NCC2OC(CC(=O)N3CCN(c4ccccc4OC)CC3)C(O)C2O)cc1. The Kier molecular flexibility index (Phi) is 8.29. The molecule has 4 atom stereocenters. The van der Waals surface area contributed by atoms with Gasteiger partial charge in [0, 0.05) is 38.3 Å². The molecule has 0 bridgehead atoms. The zero-order chi connectivity index (χ0) is 25.7.